The van der Waals surface area contributed by atoms with Crippen LogP contribution in [0.4, 0.5) is 0 Å². The minimum Gasteiger partial charge on any atom is -0.361 e. The summed E-state index contributed by atoms with van der Waals surface area (Å²) in [5.41, 5.74) is 2.53. The summed E-state index contributed by atoms with van der Waals surface area (Å²) in [5.74, 6) is -0.0381. The number of fused-ring (bicyclic) bond motifs is 5. The Labute approximate surface area is 132 Å². The Kier molecular flexibility index (Phi) is 2.96. The number of aromatic nitrogens is 1. The van der Waals surface area contributed by atoms with Crippen LogP contribution in [0.25, 0.3) is 22.0 Å². The molecule has 1 atom stereocenters. The Morgan fingerprint density at radius 1 is 0.913 bits per heavy atom. The second-order valence-electron chi connectivity index (χ2n) is 5.65. The third-order valence-electron chi connectivity index (χ3n) is 4.48. The average Bonchev–Trinajstić information content (AvgIpc) is 2.88. The Balaban J connectivity index is 2.26. The van der Waals surface area contributed by atoms with Gasteiger partial charge in [0, 0.05) is 29.0 Å². The molecule has 1 unspecified atom stereocenters. The highest BCUT2D eigenvalue weighted by Gasteiger charge is 2.33. The van der Waals surface area contributed by atoms with Gasteiger partial charge in [-0.15, -0.1) is 0 Å². The molecular weight excluding hydrogens is 290 g/mol. The van der Waals surface area contributed by atoms with Crippen molar-refractivity contribution < 1.29 is 9.53 Å². The molecule has 0 spiro atoms. The smallest absolute Gasteiger partial charge is 0.261 e. The largest absolute Gasteiger partial charge is 0.361 e. The quantitative estimate of drug-likeness (QED) is 0.570. The first kappa shape index (κ1) is 13.9. The zero-order chi connectivity index (χ0) is 16.1. The summed E-state index contributed by atoms with van der Waals surface area (Å²) in [6.45, 7) is 1.81. The maximum absolute atomic E-state index is 13.0. The highest BCUT2D eigenvalue weighted by Crippen LogP contribution is 2.40. The topological polar surface area (TPSA) is 48.3 Å². The monoisotopic (exact) mass is 305 g/mol. The van der Waals surface area contributed by atoms with E-state index in [1.54, 1.807) is 23.8 Å². The number of methoxy groups -OCH3 is 1. The van der Waals surface area contributed by atoms with Crippen molar-refractivity contribution in [2.45, 2.75) is 13.2 Å². The average molecular weight is 305 g/mol. The maximum Gasteiger partial charge on any atom is 0.261 e. The molecule has 2 aromatic carbocycles. The number of benzene rings is 2. The SMILES string of the molecule is COC(C)n1c2c(c3ccccc3c1=O)C(=O)c1ccccc1-2. The molecule has 1 aliphatic rings. The number of hydrogen-bond donors (Lipinski definition) is 0. The standard InChI is InChI=1S/C19H15NO3/c1-11(23-2)20-17-13-8-4-5-9-14(13)18(21)16(17)12-7-3-6-10-15(12)19(20)22/h3-11H,1-2H3. The molecule has 1 heterocycles. The molecule has 0 bridgehead atoms. The van der Waals surface area contributed by atoms with E-state index in [0.717, 1.165) is 5.56 Å². The van der Waals surface area contributed by atoms with Gasteiger partial charge in [0.2, 0.25) is 0 Å². The fourth-order valence-corrected chi connectivity index (χ4v) is 3.34. The van der Waals surface area contributed by atoms with Crippen molar-refractivity contribution in [2.75, 3.05) is 7.11 Å². The molecule has 1 aliphatic carbocycles. The van der Waals surface area contributed by atoms with Crippen LogP contribution in [-0.2, 0) is 4.74 Å². The maximum atomic E-state index is 13.0. The van der Waals surface area contributed by atoms with Crippen LogP contribution in [0.1, 0.15) is 29.1 Å². The van der Waals surface area contributed by atoms with Gasteiger partial charge >= 0.3 is 0 Å². The van der Waals surface area contributed by atoms with E-state index < -0.39 is 6.23 Å². The molecule has 0 saturated heterocycles. The molecule has 0 aliphatic heterocycles. The van der Waals surface area contributed by atoms with Crippen LogP contribution < -0.4 is 5.56 Å². The summed E-state index contributed by atoms with van der Waals surface area (Å²) in [4.78, 5) is 25.9. The van der Waals surface area contributed by atoms with Gasteiger partial charge < -0.3 is 4.74 Å². The van der Waals surface area contributed by atoms with E-state index in [0.29, 0.717) is 27.6 Å². The summed E-state index contributed by atoms with van der Waals surface area (Å²) >= 11 is 0. The van der Waals surface area contributed by atoms with E-state index in [-0.39, 0.29) is 11.3 Å². The third kappa shape index (κ3) is 1.75. The first-order valence-electron chi connectivity index (χ1n) is 7.49. The van der Waals surface area contributed by atoms with Crippen LogP contribution in [0.2, 0.25) is 0 Å². The Bertz CT molecular complexity index is 1020. The second kappa shape index (κ2) is 4.89. The first-order valence-corrected chi connectivity index (χ1v) is 7.49. The van der Waals surface area contributed by atoms with Crippen LogP contribution in [-0.4, -0.2) is 17.5 Å². The van der Waals surface area contributed by atoms with Gasteiger partial charge in [-0.25, -0.2) is 0 Å². The van der Waals surface area contributed by atoms with E-state index >= 15 is 0 Å². The molecule has 4 heteroatoms. The number of ketones is 1. The van der Waals surface area contributed by atoms with Gasteiger partial charge in [-0.3, -0.25) is 14.2 Å². The highest BCUT2D eigenvalue weighted by molar-refractivity contribution is 6.26. The van der Waals surface area contributed by atoms with Gasteiger partial charge in [-0.2, -0.15) is 0 Å². The zero-order valence-corrected chi connectivity index (χ0v) is 12.9. The summed E-state index contributed by atoms with van der Waals surface area (Å²) in [6.07, 6.45) is -0.459. The van der Waals surface area contributed by atoms with Gasteiger partial charge in [0.1, 0.15) is 6.23 Å². The lowest BCUT2D eigenvalue weighted by atomic mass is 10.0. The molecule has 0 radical (unpaired) electrons. The molecule has 4 rings (SSSR count). The molecule has 1 aromatic heterocycles. The van der Waals surface area contributed by atoms with Crippen molar-refractivity contribution >= 4 is 16.6 Å². The minimum absolute atomic E-state index is 0.0381. The van der Waals surface area contributed by atoms with E-state index in [4.69, 9.17) is 4.74 Å². The normalized spacial score (nSPS) is 13.9. The van der Waals surface area contributed by atoms with Crippen molar-refractivity contribution in [3.8, 4) is 11.3 Å². The molecule has 114 valence electrons. The second-order valence-corrected chi connectivity index (χ2v) is 5.65. The Hall–Kier alpha value is -2.72. The van der Waals surface area contributed by atoms with Gasteiger partial charge in [0.15, 0.2) is 5.78 Å². The number of rotatable bonds is 2. The number of carbonyl (C=O) groups is 1. The molecule has 3 aromatic rings. The van der Waals surface area contributed by atoms with E-state index in [9.17, 15) is 9.59 Å². The molecule has 0 N–H and O–H groups in total. The molecule has 23 heavy (non-hydrogen) atoms. The van der Waals surface area contributed by atoms with E-state index in [1.807, 2.05) is 43.3 Å². The summed E-state index contributed by atoms with van der Waals surface area (Å²) in [5, 5.41) is 1.24. The van der Waals surface area contributed by atoms with Gasteiger partial charge in [0.25, 0.3) is 5.56 Å². The fourth-order valence-electron chi connectivity index (χ4n) is 3.34. The number of hydrogen-bond acceptors (Lipinski definition) is 3. The number of nitrogens with zero attached hydrogens (tertiary/aromatic N) is 1. The van der Waals surface area contributed by atoms with Crippen molar-refractivity contribution in [1.29, 1.82) is 0 Å². The van der Waals surface area contributed by atoms with Crippen LogP contribution in [0.3, 0.4) is 0 Å². The summed E-state index contributed by atoms with van der Waals surface area (Å²) < 4.78 is 6.98. The van der Waals surface area contributed by atoms with Crippen LogP contribution in [0.5, 0.6) is 0 Å². The van der Waals surface area contributed by atoms with Crippen LogP contribution in [0.15, 0.2) is 53.3 Å². The van der Waals surface area contributed by atoms with Gasteiger partial charge in [-0.1, -0.05) is 42.5 Å². The third-order valence-corrected chi connectivity index (χ3v) is 4.48. The minimum atomic E-state index is -0.459. The van der Waals surface area contributed by atoms with Crippen molar-refractivity contribution in [1.82, 2.24) is 4.57 Å². The van der Waals surface area contributed by atoms with Gasteiger partial charge in [0.05, 0.1) is 11.3 Å². The van der Waals surface area contributed by atoms with Crippen molar-refractivity contribution in [3.05, 3.63) is 70.0 Å². The van der Waals surface area contributed by atoms with E-state index in [2.05, 4.69) is 0 Å². The molecule has 0 amide bonds. The molecule has 0 fully saturated rings. The van der Waals surface area contributed by atoms with Gasteiger partial charge in [-0.05, 0) is 13.0 Å². The fraction of sp³-hybridized carbons (Fsp3) is 0.158. The lowest BCUT2D eigenvalue weighted by Gasteiger charge is -2.19. The van der Waals surface area contributed by atoms with Crippen LogP contribution in [0, 0.1) is 0 Å². The van der Waals surface area contributed by atoms with Crippen LogP contribution >= 0.6 is 0 Å². The highest BCUT2D eigenvalue weighted by atomic mass is 16.5. The number of ether oxygens (including phenoxy) is 1. The first-order chi connectivity index (χ1) is 11.1. The predicted octanol–water partition coefficient (Wildman–Crippen LogP) is 3.38. The summed E-state index contributed by atoms with van der Waals surface area (Å²) in [7, 11) is 1.56. The molecule has 4 nitrogen and oxygen atoms in total. The van der Waals surface area contributed by atoms with Crippen molar-refractivity contribution in [2.24, 2.45) is 0 Å². The molecular formula is C19H15NO3. The Morgan fingerprint density at radius 2 is 1.52 bits per heavy atom. The van der Waals surface area contributed by atoms with E-state index in [1.165, 1.54) is 0 Å². The molecule has 0 saturated carbocycles. The lowest BCUT2D eigenvalue weighted by molar-refractivity contribution is 0.0593. The van der Waals surface area contributed by atoms with Crippen molar-refractivity contribution in [3.63, 3.8) is 0 Å². The predicted molar refractivity (Wildman–Crippen MR) is 88.8 cm³/mol. The number of carbonyl (C=O) groups excluding carboxylic acids is 1. The lowest BCUT2D eigenvalue weighted by Crippen LogP contribution is -2.27. The Morgan fingerprint density at radius 3 is 2.22 bits per heavy atom. The number of pyridine rings is 1. The zero-order valence-electron chi connectivity index (χ0n) is 12.9. The summed E-state index contributed by atoms with van der Waals surface area (Å²) in [6, 6.07) is 14.7.